The maximum absolute atomic E-state index is 12.4. The summed E-state index contributed by atoms with van der Waals surface area (Å²) in [5.74, 6) is 0.418. The van der Waals surface area contributed by atoms with E-state index in [4.69, 9.17) is 0 Å². The molecule has 18 heavy (non-hydrogen) atoms. The highest BCUT2D eigenvalue weighted by atomic mass is 19.4. The molecule has 2 nitrogen and oxygen atoms in total. The van der Waals surface area contributed by atoms with Gasteiger partial charge >= 0.3 is 6.18 Å². The van der Waals surface area contributed by atoms with Gasteiger partial charge in [0.2, 0.25) is 0 Å². The maximum Gasteiger partial charge on any atom is 0.390 e. The van der Waals surface area contributed by atoms with Crippen LogP contribution in [0, 0.1) is 5.92 Å². The number of alkyl halides is 3. The topological polar surface area (TPSA) is 15.3 Å². The van der Waals surface area contributed by atoms with Crippen molar-refractivity contribution in [2.24, 2.45) is 5.92 Å². The van der Waals surface area contributed by atoms with Gasteiger partial charge in [0, 0.05) is 31.2 Å². The molecule has 1 aliphatic heterocycles. The van der Waals surface area contributed by atoms with Crippen molar-refractivity contribution in [1.29, 1.82) is 0 Å². The van der Waals surface area contributed by atoms with E-state index in [9.17, 15) is 13.2 Å². The lowest BCUT2D eigenvalue weighted by Gasteiger charge is -2.47. The van der Waals surface area contributed by atoms with Gasteiger partial charge in [-0.1, -0.05) is 20.3 Å². The number of hydrogen-bond donors (Lipinski definition) is 1. The molecule has 0 aliphatic carbocycles. The van der Waals surface area contributed by atoms with Gasteiger partial charge in [0.1, 0.15) is 0 Å². The van der Waals surface area contributed by atoms with Crippen molar-refractivity contribution in [3.8, 4) is 0 Å². The first kappa shape index (κ1) is 15.8. The van der Waals surface area contributed by atoms with Gasteiger partial charge in [-0.2, -0.15) is 13.2 Å². The van der Waals surface area contributed by atoms with Crippen LogP contribution in [0.1, 0.15) is 40.5 Å². The van der Waals surface area contributed by atoms with E-state index in [0.717, 1.165) is 13.0 Å². The van der Waals surface area contributed by atoms with Crippen LogP contribution in [0.2, 0.25) is 0 Å². The summed E-state index contributed by atoms with van der Waals surface area (Å²) in [5.41, 5.74) is -0.102. The van der Waals surface area contributed by atoms with Crippen LogP contribution in [-0.2, 0) is 0 Å². The molecule has 108 valence electrons. The minimum Gasteiger partial charge on any atom is -0.309 e. The van der Waals surface area contributed by atoms with E-state index < -0.39 is 12.6 Å². The molecule has 0 spiro atoms. The molecule has 1 saturated heterocycles. The quantitative estimate of drug-likeness (QED) is 0.841. The first-order valence-corrected chi connectivity index (χ1v) is 6.70. The molecule has 5 heteroatoms. The fraction of sp³-hybridized carbons (Fsp3) is 1.00. The molecule has 2 atom stereocenters. The summed E-state index contributed by atoms with van der Waals surface area (Å²) >= 11 is 0. The molecule has 0 aromatic rings. The summed E-state index contributed by atoms with van der Waals surface area (Å²) in [5, 5.41) is 3.43. The van der Waals surface area contributed by atoms with E-state index >= 15 is 0 Å². The summed E-state index contributed by atoms with van der Waals surface area (Å²) in [6.07, 6.45) is -3.78. The molecule has 0 aromatic heterocycles. The highest BCUT2D eigenvalue weighted by Crippen LogP contribution is 2.26. The monoisotopic (exact) mass is 266 g/mol. The predicted octanol–water partition coefficient (Wildman–Crippen LogP) is 3.04. The van der Waals surface area contributed by atoms with Crippen LogP contribution >= 0.6 is 0 Å². The molecule has 1 N–H and O–H groups in total. The zero-order chi connectivity index (χ0) is 14.0. The lowest BCUT2D eigenvalue weighted by molar-refractivity contribution is -0.141. The summed E-state index contributed by atoms with van der Waals surface area (Å²) < 4.78 is 37.1. The van der Waals surface area contributed by atoms with Crippen LogP contribution in [-0.4, -0.2) is 42.3 Å². The Hall–Kier alpha value is -0.290. The minimum atomic E-state index is -4.06. The summed E-state index contributed by atoms with van der Waals surface area (Å²) in [7, 11) is 0. The Balaban J connectivity index is 2.65. The Morgan fingerprint density at radius 2 is 2.00 bits per heavy atom. The van der Waals surface area contributed by atoms with Crippen molar-refractivity contribution in [3.63, 3.8) is 0 Å². The first-order chi connectivity index (χ1) is 8.14. The maximum atomic E-state index is 12.4. The second kappa shape index (κ2) is 5.78. The van der Waals surface area contributed by atoms with E-state index in [1.54, 1.807) is 0 Å². The zero-order valence-corrected chi connectivity index (χ0v) is 11.8. The van der Waals surface area contributed by atoms with Gasteiger partial charge in [-0.15, -0.1) is 0 Å². The van der Waals surface area contributed by atoms with E-state index in [-0.39, 0.29) is 18.1 Å². The van der Waals surface area contributed by atoms with Gasteiger partial charge < -0.3 is 5.32 Å². The molecule has 2 unspecified atom stereocenters. The zero-order valence-electron chi connectivity index (χ0n) is 11.8. The fourth-order valence-electron chi connectivity index (χ4n) is 2.54. The van der Waals surface area contributed by atoms with Crippen LogP contribution < -0.4 is 5.32 Å². The highest BCUT2D eigenvalue weighted by molar-refractivity contribution is 4.93. The number of rotatable bonds is 4. The summed E-state index contributed by atoms with van der Waals surface area (Å²) in [4.78, 5) is 2.01. The predicted molar refractivity (Wildman–Crippen MR) is 67.6 cm³/mol. The number of piperazine rings is 1. The van der Waals surface area contributed by atoms with Gasteiger partial charge in [0.25, 0.3) is 0 Å². The highest BCUT2D eigenvalue weighted by Gasteiger charge is 2.37. The summed E-state index contributed by atoms with van der Waals surface area (Å²) in [6, 6.07) is 0.213. The second-order valence-electron chi connectivity index (χ2n) is 6.05. The largest absolute Gasteiger partial charge is 0.390 e. The van der Waals surface area contributed by atoms with Gasteiger partial charge in [0.05, 0.1) is 6.42 Å². The number of hydrogen-bond acceptors (Lipinski definition) is 2. The third kappa shape index (κ3) is 4.76. The normalized spacial score (nSPS) is 27.2. The molecule has 0 bridgehead atoms. The van der Waals surface area contributed by atoms with Crippen molar-refractivity contribution >= 4 is 0 Å². The van der Waals surface area contributed by atoms with E-state index in [2.05, 4.69) is 19.2 Å². The van der Waals surface area contributed by atoms with E-state index in [1.165, 1.54) is 0 Å². The molecular formula is C13H25F3N2. The van der Waals surface area contributed by atoms with Crippen molar-refractivity contribution in [1.82, 2.24) is 10.2 Å². The van der Waals surface area contributed by atoms with Crippen molar-refractivity contribution in [2.75, 3.05) is 19.6 Å². The van der Waals surface area contributed by atoms with E-state index in [1.807, 2.05) is 18.7 Å². The van der Waals surface area contributed by atoms with Gasteiger partial charge in [-0.05, 0) is 19.8 Å². The molecule has 1 aliphatic rings. The SMILES string of the molecule is CCC(C)C1CNC(C)(C)CN1CCC(F)(F)F. The smallest absolute Gasteiger partial charge is 0.309 e. The Morgan fingerprint density at radius 1 is 1.39 bits per heavy atom. The van der Waals surface area contributed by atoms with Crippen molar-refractivity contribution in [3.05, 3.63) is 0 Å². The van der Waals surface area contributed by atoms with Crippen LogP contribution in [0.25, 0.3) is 0 Å². The average molecular weight is 266 g/mol. The molecular weight excluding hydrogens is 241 g/mol. The van der Waals surface area contributed by atoms with Crippen LogP contribution in [0.5, 0.6) is 0 Å². The molecule has 1 rings (SSSR count). The lowest BCUT2D eigenvalue weighted by atomic mass is 9.90. The van der Waals surface area contributed by atoms with Crippen LogP contribution in [0.4, 0.5) is 13.2 Å². The van der Waals surface area contributed by atoms with Crippen molar-refractivity contribution in [2.45, 2.75) is 58.3 Å². The molecule has 0 amide bonds. The number of nitrogens with zero attached hydrogens (tertiary/aromatic N) is 1. The molecule has 1 heterocycles. The third-order valence-electron chi connectivity index (χ3n) is 3.84. The Kier molecular flexibility index (Phi) is 5.06. The van der Waals surface area contributed by atoms with Crippen LogP contribution in [0.3, 0.4) is 0 Å². The Bertz CT molecular complexity index is 263. The molecule has 1 fully saturated rings. The van der Waals surface area contributed by atoms with Gasteiger partial charge in [-0.3, -0.25) is 4.90 Å². The molecule has 0 aromatic carbocycles. The Morgan fingerprint density at radius 3 is 2.50 bits per heavy atom. The first-order valence-electron chi connectivity index (χ1n) is 6.70. The van der Waals surface area contributed by atoms with Crippen LogP contribution in [0.15, 0.2) is 0 Å². The molecule has 0 radical (unpaired) electrons. The third-order valence-corrected chi connectivity index (χ3v) is 3.84. The Labute approximate surface area is 108 Å². The van der Waals surface area contributed by atoms with Gasteiger partial charge in [0.15, 0.2) is 0 Å². The average Bonchev–Trinajstić information content (AvgIpc) is 2.23. The number of halogens is 3. The van der Waals surface area contributed by atoms with Gasteiger partial charge in [-0.25, -0.2) is 0 Å². The second-order valence-corrected chi connectivity index (χ2v) is 6.05. The fourth-order valence-corrected chi connectivity index (χ4v) is 2.54. The standard InChI is InChI=1S/C13H25F3N2/c1-5-10(2)11-8-17-12(3,4)9-18(11)7-6-13(14,15)16/h10-11,17H,5-9H2,1-4H3. The lowest BCUT2D eigenvalue weighted by Crippen LogP contribution is -2.63. The minimum absolute atomic E-state index is 0.102. The van der Waals surface area contributed by atoms with E-state index in [0.29, 0.717) is 12.5 Å². The van der Waals surface area contributed by atoms with Crippen molar-refractivity contribution < 1.29 is 13.2 Å². The molecule has 0 saturated carbocycles. The number of nitrogens with one attached hydrogen (secondary N) is 1. The summed E-state index contributed by atoms with van der Waals surface area (Å²) in [6.45, 7) is 9.86.